The van der Waals surface area contributed by atoms with Crippen LogP contribution in [0.1, 0.15) is 11.1 Å². The summed E-state index contributed by atoms with van der Waals surface area (Å²) >= 11 is 5.60. The average molecular weight is 156 g/mol. The largest absolute Gasteiger partial charge is 0.398 e. The van der Waals surface area contributed by atoms with Gasteiger partial charge in [-0.15, -0.1) is 11.6 Å². The highest BCUT2D eigenvalue weighted by molar-refractivity contribution is 6.17. The van der Waals surface area contributed by atoms with E-state index >= 15 is 0 Å². The molecule has 0 aliphatic carbocycles. The Kier molecular flexibility index (Phi) is 2.17. The predicted molar refractivity (Wildman–Crippen MR) is 45.1 cm³/mol. The van der Waals surface area contributed by atoms with Gasteiger partial charge in [0.2, 0.25) is 0 Å². The van der Waals surface area contributed by atoms with Crippen LogP contribution in [-0.4, -0.2) is 0 Å². The Balaban J connectivity index is 3.07. The number of alkyl halides is 1. The molecule has 0 spiro atoms. The number of aryl methyl sites for hydroxylation is 1. The second-order valence-electron chi connectivity index (χ2n) is 2.34. The van der Waals surface area contributed by atoms with Gasteiger partial charge < -0.3 is 5.73 Å². The number of anilines is 1. The molecule has 0 radical (unpaired) electrons. The summed E-state index contributed by atoms with van der Waals surface area (Å²) in [6.07, 6.45) is 0. The zero-order valence-electron chi connectivity index (χ0n) is 5.89. The van der Waals surface area contributed by atoms with E-state index in [0.717, 1.165) is 11.3 Å². The summed E-state index contributed by atoms with van der Waals surface area (Å²) in [6, 6.07) is 5.89. The molecule has 0 aliphatic rings. The van der Waals surface area contributed by atoms with Crippen LogP contribution in [0.15, 0.2) is 18.2 Å². The van der Waals surface area contributed by atoms with Gasteiger partial charge in [0.05, 0.1) is 0 Å². The zero-order chi connectivity index (χ0) is 7.56. The maximum absolute atomic E-state index is 5.65. The summed E-state index contributed by atoms with van der Waals surface area (Å²) in [5.41, 5.74) is 8.61. The fourth-order valence-electron chi connectivity index (χ4n) is 0.836. The molecule has 0 unspecified atom stereocenters. The average Bonchev–Trinajstić information content (AvgIpc) is 1.88. The highest BCUT2D eigenvalue weighted by Crippen LogP contribution is 2.15. The van der Waals surface area contributed by atoms with Gasteiger partial charge in [0, 0.05) is 11.6 Å². The summed E-state index contributed by atoms with van der Waals surface area (Å²) in [6.45, 7) is 2.01. The number of hydrogen-bond acceptors (Lipinski definition) is 1. The molecule has 0 heterocycles. The first-order valence-corrected chi connectivity index (χ1v) is 3.68. The molecule has 0 saturated heterocycles. The summed E-state index contributed by atoms with van der Waals surface area (Å²) in [7, 11) is 0. The highest BCUT2D eigenvalue weighted by atomic mass is 35.5. The van der Waals surface area contributed by atoms with Gasteiger partial charge in [0.15, 0.2) is 0 Å². The fraction of sp³-hybridized carbons (Fsp3) is 0.250. The summed E-state index contributed by atoms with van der Waals surface area (Å²) in [5.74, 6) is 0.492. The third-order valence-electron chi connectivity index (χ3n) is 1.45. The van der Waals surface area contributed by atoms with Crippen molar-refractivity contribution in [2.24, 2.45) is 0 Å². The lowest BCUT2D eigenvalue weighted by atomic mass is 10.1. The second-order valence-corrected chi connectivity index (χ2v) is 2.60. The first-order valence-electron chi connectivity index (χ1n) is 3.15. The molecule has 2 N–H and O–H groups in total. The molecule has 0 aromatic heterocycles. The van der Waals surface area contributed by atoms with Crippen molar-refractivity contribution in [3.05, 3.63) is 29.3 Å². The minimum Gasteiger partial charge on any atom is -0.398 e. The Morgan fingerprint density at radius 2 is 2.20 bits per heavy atom. The van der Waals surface area contributed by atoms with Crippen LogP contribution in [0.3, 0.4) is 0 Å². The van der Waals surface area contributed by atoms with Crippen LogP contribution < -0.4 is 5.73 Å². The molecule has 1 nitrogen and oxygen atoms in total. The van der Waals surface area contributed by atoms with Crippen molar-refractivity contribution in [2.45, 2.75) is 12.8 Å². The van der Waals surface area contributed by atoms with E-state index in [1.165, 1.54) is 5.56 Å². The maximum atomic E-state index is 5.65. The maximum Gasteiger partial charge on any atom is 0.0494 e. The molecule has 0 saturated carbocycles. The van der Waals surface area contributed by atoms with Crippen LogP contribution in [0.2, 0.25) is 0 Å². The fourth-order valence-corrected chi connectivity index (χ4v) is 1.08. The SMILES string of the molecule is Cc1ccc(CCl)c(N)c1. The van der Waals surface area contributed by atoms with Crippen LogP contribution >= 0.6 is 11.6 Å². The van der Waals surface area contributed by atoms with Crippen molar-refractivity contribution < 1.29 is 0 Å². The minimum absolute atomic E-state index is 0.492. The molecule has 0 aliphatic heterocycles. The molecule has 0 atom stereocenters. The monoisotopic (exact) mass is 155 g/mol. The van der Waals surface area contributed by atoms with E-state index in [0.29, 0.717) is 5.88 Å². The van der Waals surface area contributed by atoms with Gasteiger partial charge in [-0.1, -0.05) is 12.1 Å². The summed E-state index contributed by atoms with van der Waals surface area (Å²) in [5, 5.41) is 0. The lowest BCUT2D eigenvalue weighted by Gasteiger charge is -2.01. The molecular formula is C8H10ClN. The quantitative estimate of drug-likeness (QED) is 0.489. The molecule has 0 bridgehead atoms. The van der Waals surface area contributed by atoms with E-state index in [9.17, 15) is 0 Å². The van der Waals surface area contributed by atoms with Gasteiger partial charge in [-0.2, -0.15) is 0 Å². The number of rotatable bonds is 1. The normalized spacial score (nSPS) is 9.80. The van der Waals surface area contributed by atoms with Gasteiger partial charge in [-0.05, 0) is 24.1 Å². The van der Waals surface area contributed by atoms with E-state index < -0.39 is 0 Å². The lowest BCUT2D eigenvalue weighted by molar-refractivity contribution is 1.36. The number of nitrogen functional groups attached to an aromatic ring is 1. The van der Waals surface area contributed by atoms with Gasteiger partial charge in [-0.25, -0.2) is 0 Å². The lowest BCUT2D eigenvalue weighted by Crippen LogP contribution is -1.91. The number of benzene rings is 1. The molecule has 1 aromatic carbocycles. The third kappa shape index (κ3) is 1.42. The van der Waals surface area contributed by atoms with Crippen molar-refractivity contribution in [3.8, 4) is 0 Å². The highest BCUT2D eigenvalue weighted by Gasteiger charge is 1.95. The van der Waals surface area contributed by atoms with E-state index in [-0.39, 0.29) is 0 Å². The smallest absolute Gasteiger partial charge is 0.0494 e. The van der Waals surface area contributed by atoms with Gasteiger partial charge >= 0.3 is 0 Å². The third-order valence-corrected chi connectivity index (χ3v) is 1.73. The van der Waals surface area contributed by atoms with Crippen molar-refractivity contribution in [2.75, 3.05) is 5.73 Å². The van der Waals surface area contributed by atoms with E-state index in [1.54, 1.807) is 0 Å². The predicted octanol–water partition coefficient (Wildman–Crippen LogP) is 2.32. The van der Waals surface area contributed by atoms with Crippen LogP contribution in [0.5, 0.6) is 0 Å². The standard InChI is InChI=1S/C8H10ClN/c1-6-2-3-7(5-9)8(10)4-6/h2-4H,5,10H2,1H3. The van der Waals surface area contributed by atoms with Crippen molar-refractivity contribution in [3.63, 3.8) is 0 Å². The summed E-state index contributed by atoms with van der Waals surface area (Å²) < 4.78 is 0. The van der Waals surface area contributed by atoms with E-state index in [2.05, 4.69) is 0 Å². The number of halogens is 1. The first kappa shape index (κ1) is 7.42. The Morgan fingerprint density at radius 3 is 2.70 bits per heavy atom. The number of hydrogen-bond donors (Lipinski definition) is 1. The Morgan fingerprint density at radius 1 is 1.50 bits per heavy atom. The van der Waals surface area contributed by atoms with Gasteiger partial charge in [0.1, 0.15) is 0 Å². The van der Waals surface area contributed by atoms with E-state index in [1.807, 2.05) is 25.1 Å². The summed E-state index contributed by atoms with van der Waals surface area (Å²) in [4.78, 5) is 0. The van der Waals surface area contributed by atoms with Crippen LogP contribution in [-0.2, 0) is 5.88 Å². The van der Waals surface area contributed by atoms with Gasteiger partial charge in [0.25, 0.3) is 0 Å². The first-order chi connectivity index (χ1) is 4.74. The van der Waals surface area contributed by atoms with Crippen LogP contribution in [0.4, 0.5) is 5.69 Å². The molecule has 1 rings (SSSR count). The van der Waals surface area contributed by atoms with Crippen molar-refractivity contribution in [1.82, 2.24) is 0 Å². The molecule has 0 amide bonds. The van der Waals surface area contributed by atoms with Gasteiger partial charge in [-0.3, -0.25) is 0 Å². The zero-order valence-corrected chi connectivity index (χ0v) is 6.65. The van der Waals surface area contributed by atoms with Crippen LogP contribution in [0.25, 0.3) is 0 Å². The molecular weight excluding hydrogens is 146 g/mol. The van der Waals surface area contributed by atoms with Crippen molar-refractivity contribution >= 4 is 17.3 Å². The van der Waals surface area contributed by atoms with Crippen molar-refractivity contribution in [1.29, 1.82) is 0 Å². The number of nitrogens with two attached hydrogens (primary N) is 1. The molecule has 2 heteroatoms. The molecule has 10 heavy (non-hydrogen) atoms. The Bertz CT molecular complexity index is 233. The molecule has 54 valence electrons. The van der Waals surface area contributed by atoms with E-state index in [4.69, 9.17) is 17.3 Å². The second kappa shape index (κ2) is 2.93. The molecule has 0 fully saturated rings. The Labute approximate surface area is 65.8 Å². The minimum atomic E-state index is 0.492. The Hall–Kier alpha value is -0.690. The molecule has 1 aromatic rings. The topological polar surface area (TPSA) is 26.0 Å². The van der Waals surface area contributed by atoms with Crippen LogP contribution in [0, 0.1) is 6.92 Å².